The lowest BCUT2D eigenvalue weighted by Crippen LogP contribution is -2.50. The molecule has 196 valence electrons. The van der Waals surface area contributed by atoms with Gasteiger partial charge in [0.15, 0.2) is 0 Å². The van der Waals surface area contributed by atoms with E-state index in [2.05, 4.69) is 5.43 Å². The summed E-state index contributed by atoms with van der Waals surface area (Å²) in [6.07, 6.45) is 5.07. The summed E-state index contributed by atoms with van der Waals surface area (Å²) >= 11 is 0. The third-order valence-corrected chi connectivity index (χ3v) is 6.64. The number of sulfonamides is 1. The summed E-state index contributed by atoms with van der Waals surface area (Å²) in [7, 11) is -2.31. The fraction of sp³-hybridized carbons (Fsp3) is 0.385. The molecule has 3 N–H and O–H groups in total. The van der Waals surface area contributed by atoms with E-state index >= 15 is 0 Å². The van der Waals surface area contributed by atoms with Crippen molar-refractivity contribution < 1.29 is 28.0 Å². The van der Waals surface area contributed by atoms with Crippen molar-refractivity contribution in [1.29, 1.82) is 0 Å². The van der Waals surface area contributed by atoms with Crippen LogP contribution < -0.4 is 15.6 Å². The molecule has 2 aromatic carbocycles. The van der Waals surface area contributed by atoms with Crippen molar-refractivity contribution in [3.63, 3.8) is 0 Å². The number of hydrazine groups is 1. The molecule has 0 aliphatic carbocycles. The van der Waals surface area contributed by atoms with Crippen molar-refractivity contribution in [1.82, 2.24) is 15.3 Å². The minimum absolute atomic E-state index is 0.0288. The Morgan fingerprint density at radius 1 is 1.03 bits per heavy atom. The quantitative estimate of drug-likeness (QED) is 0.276. The van der Waals surface area contributed by atoms with Crippen LogP contribution in [0.1, 0.15) is 37.8 Å². The molecule has 9 nitrogen and oxygen atoms in total. The monoisotopic (exact) mass is 517 g/mol. The average Bonchev–Trinajstić information content (AvgIpc) is 2.85. The van der Waals surface area contributed by atoms with E-state index < -0.39 is 33.7 Å². The smallest absolute Gasteiger partial charge is 0.247 e. The highest BCUT2D eigenvalue weighted by molar-refractivity contribution is 7.88. The molecule has 0 aliphatic heterocycles. The predicted molar refractivity (Wildman–Crippen MR) is 138 cm³/mol. The molecular weight excluding hydrogens is 482 g/mol. The molecular formula is C26H35N3O6S. The maximum absolute atomic E-state index is 13.4. The Labute approximate surface area is 213 Å². The lowest BCUT2D eigenvalue weighted by molar-refractivity contribution is -0.142. The molecule has 0 fully saturated rings. The number of hydrogen-bond acceptors (Lipinski definition) is 6. The molecule has 2 rings (SSSR count). The first-order valence-corrected chi connectivity index (χ1v) is 13.5. The fourth-order valence-electron chi connectivity index (χ4n) is 3.76. The van der Waals surface area contributed by atoms with E-state index in [-0.39, 0.29) is 18.9 Å². The van der Waals surface area contributed by atoms with Crippen molar-refractivity contribution in [3.8, 4) is 5.75 Å². The van der Waals surface area contributed by atoms with Gasteiger partial charge in [0.05, 0.1) is 31.7 Å². The van der Waals surface area contributed by atoms with Crippen LogP contribution in [0.2, 0.25) is 0 Å². The second kappa shape index (κ2) is 13.8. The number of methoxy groups -OCH3 is 1. The topological polar surface area (TPSA) is 125 Å². The summed E-state index contributed by atoms with van der Waals surface area (Å²) in [5, 5.41) is 9.36. The Hall–Kier alpha value is -3.21. The summed E-state index contributed by atoms with van der Waals surface area (Å²) in [5.74, 6) is -2.50. The third kappa shape index (κ3) is 9.10. The van der Waals surface area contributed by atoms with Crippen LogP contribution in [0.25, 0.3) is 6.08 Å². The zero-order valence-corrected chi connectivity index (χ0v) is 21.9. The standard InChI is InChI=1S/C26H35N3O6S/c1-19(2)17-24(23(26(31)28-32)12-8-11-20-9-6-5-7-10-20)25(30)27-29(36(4,33)34)18-21-13-15-22(35-3)16-14-21/h5-11,13-16,19,23-24,32H,12,17-18H2,1-4H3,(H,27,30)(H,28,31)/t23-,24+/m0/s1. The van der Waals surface area contributed by atoms with Crippen molar-refractivity contribution in [2.45, 2.75) is 33.2 Å². The Morgan fingerprint density at radius 2 is 1.67 bits per heavy atom. The van der Waals surface area contributed by atoms with Crippen molar-refractivity contribution in [2.24, 2.45) is 17.8 Å². The molecule has 0 radical (unpaired) electrons. The Bertz CT molecular complexity index is 1120. The van der Waals surface area contributed by atoms with Gasteiger partial charge in [0, 0.05) is 0 Å². The van der Waals surface area contributed by atoms with Gasteiger partial charge in [-0.3, -0.25) is 20.2 Å². The van der Waals surface area contributed by atoms with Crippen LogP contribution in [-0.2, 0) is 26.2 Å². The van der Waals surface area contributed by atoms with Gasteiger partial charge in [-0.1, -0.05) is 68.5 Å². The third-order valence-electron chi connectivity index (χ3n) is 5.62. The Kier molecular flexibility index (Phi) is 11.1. The van der Waals surface area contributed by atoms with Crippen LogP contribution in [0.3, 0.4) is 0 Å². The number of amides is 2. The van der Waals surface area contributed by atoms with Gasteiger partial charge >= 0.3 is 0 Å². The largest absolute Gasteiger partial charge is 0.497 e. The zero-order valence-electron chi connectivity index (χ0n) is 21.0. The maximum atomic E-state index is 13.4. The van der Waals surface area contributed by atoms with Crippen molar-refractivity contribution >= 4 is 27.9 Å². The molecule has 0 saturated heterocycles. The first-order valence-electron chi connectivity index (χ1n) is 11.6. The molecule has 0 aromatic heterocycles. The van der Waals surface area contributed by atoms with Crippen LogP contribution in [-0.4, -0.2) is 43.2 Å². The van der Waals surface area contributed by atoms with Crippen LogP contribution in [0.4, 0.5) is 0 Å². The molecule has 0 bridgehead atoms. The number of hydroxylamine groups is 1. The van der Waals surface area contributed by atoms with Crippen molar-refractivity contribution in [3.05, 3.63) is 71.8 Å². The number of nitrogens with zero attached hydrogens (tertiary/aromatic N) is 1. The van der Waals surface area contributed by atoms with E-state index in [0.717, 1.165) is 16.2 Å². The van der Waals surface area contributed by atoms with E-state index in [1.54, 1.807) is 35.8 Å². The SMILES string of the molecule is COc1ccc(CN(NC(=O)[C@H](CC(C)C)[C@H](CC=Cc2ccccc2)C(=O)NO)S(C)(=O)=O)cc1. The van der Waals surface area contributed by atoms with Crippen molar-refractivity contribution in [2.75, 3.05) is 13.4 Å². The fourth-order valence-corrected chi connectivity index (χ4v) is 4.40. The highest BCUT2D eigenvalue weighted by Gasteiger charge is 2.35. The van der Waals surface area contributed by atoms with E-state index in [4.69, 9.17) is 4.74 Å². The van der Waals surface area contributed by atoms with Gasteiger partial charge in [-0.25, -0.2) is 13.9 Å². The molecule has 0 spiro atoms. The molecule has 2 aromatic rings. The lowest BCUT2D eigenvalue weighted by atomic mass is 9.82. The number of ether oxygens (including phenoxy) is 1. The number of hydrogen-bond donors (Lipinski definition) is 3. The maximum Gasteiger partial charge on any atom is 0.247 e. The van der Waals surface area contributed by atoms with Gasteiger partial charge in [0.2, 0.25) is 21.8 Å². The zero-order chi connectivity index (χ0) is 26.7. The van der Waals surface area contributed by atoms with Crippen LogP contribution in [0.15, 0.2) is 60.7 Å². The first kappa shape index (κ1) is 29.0. The van der Waals surface area contributed by atoms with Gasteiger partial charge in [0.25, 0.3) is 0 Å². The molecule has 0 heterocycles. The lowest BCUT2D eigenvalue weighted by Gasteiger charge is -2.28. The number of nitrogens with one attached hydrogen (secondary N) is 2. The minimum atomic E-state index is -3.83. The Morgan fingerprint density at radius 3 is 2.19 bits per heavy atom. The van der Waals surface area contributed by atoms with Crippen LogP contribution in [0.5, 0.6) is 5.75 Å². The van der Waals surface area contributed by atoms with Gasteiger partial charge in [-0.15, -0.1) is 4.41 Å². The highest BCUT2D eigenvalue weighted by Crippen LogP contribution is 2.26. The second-order valence-electron chi connectivity index (χ2n) is 8.96. The number of benzene rings is 2. The Balaban J connectivity index is 2.28. The molecule has 2 amide bonds. The van der Waals surface area contributed by atoms with Gasteiger partial charge in [-0.2, -0.15) is 0 Å². The van der Waals surface area contributed by atoms with E-state index in [0.29, 0.717) is 17.7 Å². The van der Waals surface area contributed by atoms with Gasteiger partial charge in [-0.05, 0) is 42.0 Å². The number of allylic oxidation sites excluding steroid dienone is 1. The summed E-state index contributed by atoms with van der Waals surface area (Å²) in [4.78, 5) is 26.0. The summed E-state index contributed by atoms with van der Waals surface area (Å²) in [5.41, 5.74) is 5.72. The molecule has 2 atom stereocenters. The summed E-state index contributed by atoms with van der Waals surface area (Å²) in [6, 6.07) is 16.3. The first-order chi connectivity index (χ1) is 17.0. The summed E-state index contributed by atoms with van der Waals surface area (Å²) < 4.78 is 31.0. The normalized spacial score (nSPS) is 13.5. The number of rotatable bonds is 13. The number of carbonyl (C=O) groups is 2. The number of carbonyl (C=O) groups excluding carboxylic acids is 2. The molecule has 0 saturated carbocycles. The average molecular weight is 518 g/mol. The molecule has 36 heavy (non-hydrogen) atoms. The predicted octanol–water partition coefficient (Wildman–Crippen LogP) is 3.38. The highest BCUT2D eigenvalue weighted by atomic mass is 32.2. The van der Waals surface area contributed by atoms with Crippen LogP contribution >= 0.6 is 0 Å². The van der Waals surface area contributed by atoms with E-state index in [1.807, 2.05) is 50.3 Å². The summed E-state index contributed by atoms with van der Waals surface area (Å²) in [6.45, 7) is 3.70. The molecule has 0 aliphatic rings. The molecule has 10 heteroatoms. The van der Waals surface area contributed by atoms with Crippen LogP contribution in [0, 0.1) is 17.8 Å². The minimum Gasteiger partial charge on any atom is -0.497 e. The van der Waals surface area contributed by atoms with Gasteiger partial charge < -0.3 is 4.74 Å². The second-order valence-corrected chi connectivity index (χ2v) is 10.9. The van der Waals surface area contributed by atoms with E-state index in [1.165, 1.54) is 7.11 Å². The van der Waals surface area contributed by atoms with E-state index in [9.17, 15) is 23.2 Å². The molecule has 0 unspecified atom stereocenters. The van der Waals surface area contributed by atoms with Gasteiger partial charge in [0.1, 0.15) is 5.75 Å².